The molecule has 33 heavy (non-hydrogen) atoms. The van der Waals surface area contributed by atoms with Gasteiger partial charge in [-0.3, -0.25) is 14.2 Å². The van der Waals surface area contributed by atoms with E-state index in [0.29, 0.717) is 31.3 Å². The van der Waals surface area contributed by atoms with Gasteiger partial charge in [-0.15, -0.1) is 11.3 Å². The molecule has 1 unspecified atom stereocenters. The summed E-state index contributed by atoms with van der Waals surface area (Å²) < 4.78 is 2.18. The zero-order chi connectivity index (χ0) is 22.9. The number of fused-ring (bicyclic) bond motifs is 1. The molecule has 1 aliphatic heterocycles. The number of rotatable bonds is 4. The Morgan fingerprint density at radius 2 is 1.85 bits per heavy atom. The van der Waals surface area contributed by atoms with Gasteiger partial charge in [0.1, 0.15) is 6.04 Å². The van der Waals surface area contributed by atoms with E-state index in [4.69, 9.17) is 11.6 Å². The number of nitrogens with zero attached hydrogens (tertiary/aromatic N) is 2. The Hall–Kier alpha value is -3.26. The molecule has 2 aromatic carbocycles. The number of carbonyl (C=O) groups is 1. The van der Waals surface area contributed by atoms with Gasteiger partial charge >= 0.3 is 0 Å². The van der Waals surface area contributed by atoms with Crippen molar-refractivity contribution in [3.8, 4) is 0 Å². The van der Waals surface area contributed by atoms with E-state index in [1.807, 2.05) is 73.0 Å². The van der Waals surface area contributed by atoms with E-state index in [2.05, 4.69) is 10.3 Å². The Bertz CT molecular complexity index is 1530. The van der Waals surface area contributed by atoms with Crippen molar-refractivity contribution in [1.82, 2.24) is 4.57 Å². The summed E-state index contributed by atoms with van der Waals surface area (Å²) in [6, 6.07) is 19.9. The molecule has 1 atom stereocenters. The number of amides is 1. The predicted octanol–water partition coefficient (Wildman–Crippen LogP) is 4.59. The van der Waals surface area contributed by atoms with Gasteiger partial charge in [0.15, 0.2) is 4.80 Å². The van der Waals surface area contributed by atoms with Gasteiger partial charge in [0, 0.05) is 15.6 Å². The minimum Gasteiger partial charge on any atom is -0.322 e. The fourth-order valence-corrected chi connectivity index (χ4v) is 5.75. The topological polar surface area (TPSA) is 63.5 Å². The average Bonchev–Trinajstić information content (AvgIpc) is 3.44. The third-order valence-corrected chi connectivity index (χ3v) is 7.44. The van der Waals surface area contributed by atoms with Gasteiger partial charge in [0.05, 0.1) is 15.8 Å². The van der Waals surface area contributed by atoms with Gasteiger partial charge < -0.3 is 5.32 Å². The second-order valence-corrected chi connectivity index (χ2v) is 9.89. The van der Waals surface area contributed by atoms with Gasteiger partial charge in [0.25, 0.3) is 11.5 Å². The quantitative estimate of drug-likeness (QED) is 0.454. The molecule has 0 bridgehead atoms. The van der Waals surface area contributed by atoms with Gasteiger partial charge in [-0.25, -0.2) is 4.99 Å². The van der Waals surface area contributed by atoms with Crippen LogP contribution in [0.15, 0.2) is 93.2 Å². The lowest BCUT2D eigenvalue weighted by molar-refractivity contribution is -0.113. The lowest BCUT2D eigenvalue weighted by Crippen LogP contribution is -2.40. The fraction of sp³-hybridized carbons (Fsp3) is 0.0800. The Morgan fingerprint density at radius 1 is 1.09 bits per heavy atom. The fourth-order valence-electron chi connectivity index (χ4n) is 3.76. The number of thiazole rings is 1. The smallest absolute Gasteiger partial charge is 0.271 e. The molecule has 164 valence electrons. The molecule has 0 fully saturated rings. The maximum atomic E-state index is 13.5. The second-order valence-electron chi connectivity index (χ2n) is 7.47. The minimum atomic E-state index is -0.544. The van der Waals surface area contributed by atoms with E-state index < -0.39 is 6.04 Å². The first-order chi connectivity index (χ1) is 16.0. The molecule has 2 aromatic heterocycles. The number of anilines is 1. The van der Waals surface area contributed by atoms with Gasteiger partial charge in [-0.2, -0.15) is 0 Å². The Kier molecular flexibility index (Phi) is 5.85. The Labute approximate surface area is 202 Å². The standard InChI is InChI=1S/C25H18ClN3O2S2/c1-15-21(23(30)28-18-6-3-2-4-7-18)22(19-8-5-13-32-19)29-24(31)20(33-25(29)27-15)14-16-9-11-17(26)12-10-16/h2-14,22H,1H3,(H,28,30)/b20-14+. The second kappa shape index (κ2) is 8.94. The van der Waals surface area contributed by atoms with Crippen LogP contribution in [0.5, 0.6) is 0 Å². The SMILES string of the molecule is CC1=C(C(=O)Nc2ccccc2)C(c2cccs2)n2c(s/c(=C/c3ccc(Cl)cc3)c2=O)=N1. The molecule has 1 aliphatic rings. The van der Waals surface area contributed by atoms with Crippen molar-refractivity contribution in [1.29, 1.82) is 0 Å². The number of benzene rings is 2. The number of hydrogen-bond donors (Lipinski definition) is 1. The molecule has 4 aromatic rings. The van der Waals surface area contributed by atoms with E-state index >= 15 is 0 Å². The van der Waals surface area contributed by atoms with Crippen molar-refractivity contribution in [3.63, 3.8) is 0 Å². The summed E-state index contributed by atoms with van der Waals surface area (Å²) in [7, 11) is 0. The van der Waals surface area contributed by atoms with Gasteiger partial charge in [0.2, 0.25) is 0 Å². The highest BCUT2D eigenvalue weighted by Crippen LogP contribution is 2.33. The number of carbonyl (C=O) groups excluding carboxylic acids is 1. The summed E-state index contributed by atoms with van der Waals surface area (Å²) in [6.45, 7) is 1.82. The summed E-state index contributed by atoms with van der Waals surface area (Å²) in [5, 5.41) is 5.53. The minimum absolute atomic E-state index is 0.176. The van der Waals surface area contributed by atoms with E-state index in [0.717, 1.165) is 10.4 Å². The molecule has 0 saturated heterocycles. The summed E-state index contributed by atoms with van der Waals surface area (Å²) in [5.74, 6) is -0.271. The van der Waals surface area contributed by atoms with Crippen LogP contribution >= 0.6 is 34.3 Å². The number of aromatic nitrogens is 1. The third kappa shape index (κ3) is 4.23. The molecule has 5 nitrogen and oxygen atoms in total. The highest BCUT2D eigenvalue weighted by Gasteiger charge is 2.33. The van der Waals surface area contributed by atoms with E-state index in [9.17, 15) is 9.59 Å². The summed E-state index contributed by atoms with van der Waals surface area (Å²) in [4.78, 5) is 33.0. The number of thiophene rings is 1. The molecular formula is C25H18ClN3O2S2. The largest absolute Gasteiger partial charge is 0.322 e. The first-order valence-electron chi connectivity index (χ1n) is 10.2. The molecule has 5 rings (SSSR count). The number of halogens is 1. The summed E-state index contributed by atoms with van der Waals surface area (Å²) in [5.41, 5.74) is 2.44. The van der Waals surface area contributed by atoms with Crippen molar-refractivity contribution in [3.05, 3.63) is 119 Å². The number of hydrogen-bond acceptors (Lipinski definition) is 5. The van der Waals surface area contributed by atoms with Crippen molar-refractivity contribution in [2.24, 2.45) is 4.99 Å². The Morgan fingerprint density at radius 3 is 2.55 bits per heavy atom. The van der Waals surface area contributed by atoms with Crippen molar-refractivity contribution in [2.75, 3.05) is 5.32 Å². The zero-order valence-corrected chi connectivity index (χ0v) is 19.9. The zero-order valence-electron chi connectivity index (χ0n) is 17.5. The van der Waals surface area contributed by atoms with Crippen LogP contribution in [0, 0.1) is 0 Å². The first kappa shape index (κ1) is 21.6. The average molecular weight is 492 g/mol. The predicted molar refractivity (Wildman–Crippen MR) is 135 cm³/mol. The molecule has 3 heterocycles. The molecule has 0 spiro atoms. The van der Waals surface area contributed by atoms with Crippen molar-refractivity contribution < 1.29 is 4.79 Å². The summed E-state index contributed by atoms with van der Waals surface area (Å²) in [6.07, 6.45) is 1.83. The van der Waals surface area contributed by atoms with E-state index in [1.54, 1.807) is 16.7 Å². The lowest BCUT2D eigenvalue weighted by atomic mass is 10.0. The molecule has 8 heteroatoms. The molecule has 0 aliphatic carbocycles. The normalized spacial score (nSPS) is 15.8. The van der Waals surface area contributed by atoms with Crippen LogP contribution < -0.4 is 20.2 Å². The monoisotopic (exact) mass is 491 g/mol. The van der Waals surface area contributed by atoms with Crippen LogP contribution in [0.25, 0.3) is 6.08 Å². The number of nitrogens with one attached hydrogen (secondary N) is 1. The van der Waals surface area contributed by atoms with Crippen LogP contribution in [-0.2, 0) is 4.79 Å². The summed E-state index contributed by atoms with van der Waals surface area (Å²) >= 11 is 8.82. The maximum absolute atomic E-state index is 13.5. The first-order valence-corrected chi connectivity index (χ1v) is 12.3. The molecule has 0 radical (unpaired) electrons. The van der Waals surface area contributed by atoms with Crippen LogP contribution in [0.2, 0.25) is 5.02 Å². The van der Waals surface area contributed by atoms with E-state index in [-0.39, 0.29) is 11.5 Å². The van der Waals surface area contributed by atoms with E-state index in [1.165, 1.54) is 22.7 Å². The molecular weight excluding hydrogens is 474 g/mol. The van der Waals surface area contributed by atoms with Gasteiger partial charge in [-0.1, -0.05) is 59.3 Å². The highest BCUT2D eigenvalue weighted by molar-refractivity contribution is 7.10. The number of para-hydroxylation sites is 1. The van der Waals surface area contributed by atoms with Crippen molar-refractivity contribution in [2.45, 2.75) is 13.0 Å². The van der Waals surface area contributed by atoms with Crippen molar-refractivity contribution >= 4 is 51.9 Å². The lowest BCUT2D eigenvalue weighted by Gasteiger charge is -2.24. The van der Waals surface area contributed by atoms with Crippen LogP contribution in [0.4, 0.5) is 5.69 Å². The number of allylic oxidation sites excluding steroid dienone is 1. The highest BCUT2D eigenvalue weighted by atomic mass is 35.5. The van der Waals surface area contributed by atoms with Crippen LogP contribution in [0.1, 0.15) is 23.4 Å². The third-order valence-electron chi connectivity index (χ3n) is 5.28. The Balaban J connectivity index is 1.65. The van der Waals surface area contributed by atoms with Gasteiger partial charge in [-0.05, 0) is 54.3 Å². The van der Waals surface area contributed by atoms with Crippen LogP contribution in [0.3, 0.4) is 0 Å². The van der Waals surface area contributed by atoms with Crippen LogP contribution in [-0.4, -0.2) is 10.5 Å². The molecule has 1 N–H and O–H groups in total. The maximum Gasteiger partial charge on any atom is 0.271 e. The molecule has 0 saturated carbocycles. The molecule has 1 amide bonds.